The first-order chi connectivity index (χ1) is 15.6. The minimum atomic E-state index is -0.0388. The van der Waals surface area contributed by atoms with Gasteiger partial charge in [-0.3, -0.25) is 4.79 Å². The number of benzene rings is 2. The first-order valence-electron chi connectivity index (χ1n) is 11.2. The summed E-state index contributed by atoms with van der Waals surface area (Å²) in [5.74, 6) is 1.92. The molecule has 0 spiro atoms. The molecule has 1 aliphatic rings. The van der Waals surface area contributed by atoms with Crippen molar-refractivity contribution in [3.63, 3.8) is 0 Å². The maximum atomic E-state index is 12.5. The van der Waals surface area contributed by atoms with Crippen LogP contribution in [0.5, 0.6) is 0 Å². The zero-order chi connectivity index (χ0) is 22.3. The number of hydrogen-bond donors (Lipinski definition) is 1. The summed E-state index contributed by atoms with van der Waals surface area (Å²) in [4.78, 5) is 23.9. The van der Waals surface area contributed by atoms with Crippen molar-refractivity contribution in [3.05, 3.63) is 77.5 Å². The Bertz CT molecular complexity index is 1030. The molecule has 0 bridgehead atoms. The molecule has 0 saturated carbocycles. The summed E-state index contributed by atoms with van der Waals surface area (Å²) >= 11 is 1.38. The number of piperidine rings is 1. The molecule has 5 nitrogen and oxygen atoms in total. The number of hydrogen-bond acceptors (Lipinski definition) is 5. The lowest BCUT2D eigenvalue weighted by atomic mass is 9.90. The SMILES string of the molecule is Cc1cccc(C)c1NC(=O)CSc1nccc(N2CCC(Cc3ccccc3)CC2)n1. The van der Waals surface area contributed by atoms with Crippen molar-refractivity contribution in [2.75, 3.05) is 29.1 Å². The van der Waals surface area contributed by atoms with Gasteiger partial charge < -0.3 is 10.2 Å². The van der Waals surface area contributed by atoms with Gasteiger partial charge in [0.25, 0.3) is 0 Å². The Morgan fingerprint density at radius 2 is 1.75 bits per heavy atom. The van der Waals surface area contributed by atoms with Gasteiger partial charge in [0.1, 0.15) is 5.82 Å². The number of carbonyl (C=O) groups is 1. The average molecular weight is 447 g/mol. The highest BCUT2D eigenvalue weighted by Crippen LogP contribution is 2.26. The lowest BCUT2D eigenvalue weighted by molar-refractivity contribution is -0.113. The van der Waals surface area contributed by atoms with Crippen molar-refractivity contribution in [3.8, 4) is 0 Å². The van der Waals surface area contributed by atoms with Crippen LogP contribution in [0.15, 0.2) is 66.0 Å². The Labute approximate surface area is 194 Å². The number of amides is 1. The summed E-state index contributed by atoms with van der Waals surface area (Å²) in [7, 11) is 0. The maximum absolute atomic E-state index is 12.5. The number of aromatic nitrogens is 2. The molecular formula is C26H30N4OS. The van der Waals surface area contributed by atoms with Crippen LogP contribution in [-0.2, 0) is 11.2 Å². The first kappa shape index (κ1) is 22.3. The largest absolute Gasteiger partial charge is 0.356 e. The Kier molecular flexibility index (Phi) is 7.43. The minimum absolute atomic E-state index is 0.0388. The molecule has 166 valence electrons. The Balaban J connectivity index is 1.29. The third kappa shape index (κ3) is 5.88. The van der Waals surface area contributed by atoms with Crippen molar-refractivity contribution >= 4 is 29.2 Å². The highest BCUT2D eigenvalue weighted by molar-refractivity contribution is 7.99. The third-order valence-corrected chi connectivity index (χ3v) is 6.86. The lowest BCUT2D eigenvalue weighted by Crippen LogP contribution is -2.35. The first-order valence-corrected chi connectivity index (χ1v) is 12.2. The van der Waals surface area contributed by atoms with Gasteiger partial charge >= 0.3 is 0 Å². The van der Waals surface area contributed by atoms with Crippen LogP contribution >= 0.6 is 11.8 Å². The Hall–Kier alpha value is -2.86. The summed E-state index contributed by atoms with van der Waals surface area (Å²) in [6, 6.07) is 18.7. The van der Waals surface area contributed by atoms with Gasteiger partial charge in [-0.05, 0) is 61.8 Å². The molecule has 1 aromatic heterocycles. The second-order valence-electron chi connectivity index (χ2n) is 8.42. The minimum Gasteiger partial charge on any atom is -0.356 e. The van der Waals surface area contributed by atoms with Crippen LogP contribution in [0.3, 0.4) is 0 Å². The van der Waals surface area contributed by atoms with Crippen LogP contribution in [0.2, 0.25) is 0 Å². The molecule has 1 aliphatic heterocycles. The molecule has 1 fully saturated rings. The zero-order valence-corrected chi connectivity index (χ0v) is 19.6. The number of rotatable bonds is 7. The van der Waals surface area contributed by atoms with Crippen LogP contribution in [0, 0.1) is 19.8 Å². The van der Waals surface area contributed by atoms with E-state index < -0.39 is 0 Å². The molecule has 2 heterocycles. The monoisotopic (exact) mass is 446 g/mol. The maximum Gasteiger partial charge on any atom is 0.234 e. The smallest absolute Gasteiger partial charge is 0.234 e. The van der Waals surface area contributed by atoms with Crippen LogP contribution < -0.4 is 10.2 Å². The highest BCUT2D eigenvalue weighted by atomic mass is 32.2. The van der Waals surface area contributed by atoms with E-state index in [1.807, 2.05) is 38.1 Å². The summed E-state index contributed by atoms with van der Waals surface area (Å²) in [5.41, 5.74) is 4.45. The summed E-state index contributed by atoms with van der Waals surface area (Å²) < 4.78 is 0. The van der Waals surface area contributed by atoms with Gasteiger partial charge in [-0.1, -0.05) is 60.3 Å². The number of nitrogens with zero attached hydrogens (tertiary/aromatic N) is 3. The van der Waals surface area contributed by atoms with E-state index in [2.05, 4.69) is 45.5 Å². The normalized spacial score (nSPS) is 14.4. The predicted octanol–water partition coefficient (Wildman–Crippen LogP) is 5.28. The molecule has 0 atom stereocenters. The fourth-order valence-corrected chi connectivity index (χ4v) is 4.83. The number of aryl methyl sites for hydroxylation is 2. The van der Waals surface area contributed by atoms with E-state index in [1.165, 1.54) is 30.2 Å². The molecule has 1 N–H and O–H groups in total. The third-order valence-electron chi connectivity index (χ3n) is 6.00. The number of anilines is 2. The molecule has 0 radical (unpaired) electrons. The van der Waals surface area contributed by atoms with E-state index in [0.717, 1.165) is 48.1 Å². The molecule has 0 aliphatic carbocycles. The van der Waals surface area contributed by atoms with Crippen molar-refractivity contribution in [2.24, 2.45) is 5.92 Å². The molecule has 1 amide bonds. The number of thioether (sulfide) groups is 1. The number of nitrogens with one attached hydrogen (secondary N) is 1. The number of para-hydroxylation sites is 1. The predicted molar refractivity (Wildman–Crippen MR) is 132 cm³/mol. The summed E-state index contributed by atoms with van der Waals surface area (Å²) in [6.07, 6.45) is 5.28. The average Bonchev–Trinajstić information content (AvgIpc) is 2.82. The van der Waals surface area contributed by atoms with E-state index in [9.17, 15) is 4.79 Å². The standard InChI is InChI=1S/C26H30N4OS/c1-19-7-6-8-20(2)25(19)29-24(31)18-32-26-27-14-11-23(28-26)30-15-12-22(13-16-30)17-21-9-4-3-5-10-21/h3-11,14,22H,12-13,15-18H2,1-2H3,(H,29,31). The van der Waals surface area contributed by atoms with Crippen molar-refractivity contribution in [1.82, 2.24) is 9.97 Å². The molecule has 0 unspecified atom stereocenters. The van der Waals surface area contributed by atoms with E-state index in [-0.39, 0.29) is 11.7 Å². The molecule has 6 heteroatoms. The van der Waals surface area contributed by atoms with Gasteiger partial charge in [-0.2, -0.15) is 0 Å². The quantitative estimate of drug-likeness (QED) is 0.395. The van der Waals surface area contributed by atoms with E-state index in [0.29, 0.717) is 5.16 Å². The van der Waals surface area contributed by atoms with Gasteiger partial charge in [-0.25, -0.2) is 9.97 Å². The van der Waals surface area contributed by atoms with E-state index in [4.69, 9.17) is 4.98 Å². The lowest BCUT2D eigenvalue weighted by Gasteiger charge is -2.33. The summed E-state index contributed by atoms with van der Waals surface area (Å²) in [6.45, 7) is 6.02. The number of carbonyl (C=O) groups excluding carboxylic acids is 1. The van der Waals surface area contributed by atoms with Crippen LogP contribution in [0.25, 0.3) is 0 Å². The fraction of sp³-hybridized carbons (Fsp3) is 0.346. The highest BCUT2D eigenvalue weighted by Gasteiger charge is 2.21. The Morgan fingerprint density at radius 3 is 2.47 bits per heavy atom. The van der Waals surface area contributed by atoms with Gasteiger partial charge in [0.05, 0.1) is 5.75 Å². The van der Waals surface area contributed by atoms with Crippen molar-refractivity contribution in [2.45, 2.75) is 38.3 Å². The van der Waals surface area contributed by atoms with E-state index >= 15 is 0 Å². The molecule has 32 heavy (non-hydrogen) atoms. The zero-order valence-electron chi connectivity index (χ0n) is 18.8. The van der Waals surface area contributed by atoms with Gasteiger partial charge in [0, 0.05) is 25.0 Å². The van der Waals surface area contributed by atoms with Crippen LogP contribution in [0.4, 0.5) is 11.5 Å². The second kappa shape index (κ2) is 10.6. The molecule has 4 rings (SSSR count). The van der Waals surface area contributed by atoms with Crippen LogP contribution in [-0.4, -0.2) is 34.7 Å². The van der Waals surface area contributed by atoms with Gasteiger partial charge in [0.2, 0.25) is 5.91 Å². The van der Waals surface area contributed by atoms with Crippen molar-refractivity contribution in [1.29, 1.82) is 0 Å². The summed E-state index contributed by atoms with van der Waals surface area (Å²) in [5, 5.41) is 3.67. The van der Waals surface area contributed by atoms with Gasteiger partial charge in [0.15, 0.2) is 5.16 Å². The molecular weight excluding hydrogens is 416 g/mol. The van der Waals surface area contributed by atoms with E-state index in [1.54, 1.807) is 6.20 Å². The van der Waals surface area contributed by atoms with Crippen LogP contribution in [0.1, 0.15) is 29.5 Å². The van der Waals surface area contributed by atoms with Gasteiger partial charge in [-0.15, -0.1) is 0 Å². The topological polar surface area (TPSA) is 58.1 Å². The van der Waals surface area contributed by atoms with Crippen molar-refractivity contribution < 1.29 is 4.79 Å². The molecule has 2 aromatic carbocycles. The molecule has 3 aromatic rings. The fourth-order valence-electron chi connectivity index (χ4n) is 4.21. The Morgan fingerprint density at radius 1 is 1.03 bits per heavy atom. The molecule has 1 saturated heterocycles. The second-order valence-corrected chi connectivity index (χ2v) is 9.36.